The van der Waals surface area contributed by atoms with E-state index in [1.165, 1.54) is 11.0 Å². The van der Waals surface area contributed by atoms with Crippen molar-refractivity contribution in [3.05, 3.63) is 40.8 Å². The van der Waals surface area contributed by atoms with Crippen molar-refractivity contribution in [2.24, 2.45) is 5.41 Å². The molecule has 2 heterocycles. The molecule has 1 aromatic carbocycles. The largest absolute Gasteiger partial charge is 0.484 e. The Morgan fingerprint density at radius 2 is 2.08 bits per heavy atom. The number of ether oxygens (including phenoxy) is 1. The summed E-state index contributed by atoms with van der Waals surface area (Å²) in [5, 5.41) is 9.95. The van der Waals surface area contributed by atoms with Gasteiger partial charge in [0.15, 0.2) is 6.61 Å². The van der Waals surface area contributed by atoms with E-state index in [0.29, 0.717) is 24.3 Å². The van der Waals surface area contributed by atoms with Crippen LogP contribution in [0.25, 0.3) is 11.0 Å². The van der Waals surface area contributed by atoms with Gasteiger partial charge in [0.05, 0.1) is 5.41 Å². The third-order valence-corrected chi connectivity index (χ3v) is 4.30. The fraction of sp³-hybridized carbons (Fsp3) is 0.353. The number of aliphatic carboxylic acids is 1. The first kappa shape index (κ1) is 16.0. The zero-order valence-corrected chi connectivity index (χ0v) is 13.2. The number of amides is 1. The van der Waals surface area contributed by atoms with Gasteiger partial charge in [-0.05, 0) is 31.5 Å². The van der Waals surface area contributed by atoms with Gasteiger partial charge in [-0.15, -0.1) is 0 Å². The summed E-state index contributed by atoms with van der Waals surface area (Å²) in [7, 11) is 0. The van der Waals surface area contributed by atoms with E-state index < -0.39 is 17.0 Å². The standard InChI is InChI=1S/C17H17NO6/c1-17(16(21)22)6-7-18(10-17)14(19)9-23-12-4-2-11-3-5-15(20)24-13(11)8-12/h2-5,8H,6-7,9-10H2,1H3,(H,21,22). The zero-order chi connectivity index (χ0) is 17.3. The number of likely N-dealkylation sites (tertiary alicyclic amines) is 1. The van der Waals surface area contributed by atoms with Gasteiger partial charge < -0.3 is 19.2 Å². The maximum Gasteiger partial charge on any atom is 0.336 e. The minimum atomic E-state index is -0.901. The van der Waals surface area contributed by atoms with Gasteiger partial charge in [-0.25, -0.2) is 4.79 Å². The van der Waals surface area contributed by atoms with Gasteiger partial charge >= 0.3 is 11.6 Å². The first-order chi connectivity index (χ1) is 11.4. The van der Waals surface area contributed by atoms with E-state index in [1.54, 1.807) is 31.2 Å². The van der Waals surface area contributed by atoms with E-state index >= 15 is 0 Å². The van der Waals surface area contributed by atoms with Gasteiger partial charge in [0.2, 0.25) is 0 Å². The highest BCUT2D eigenvalue weighted by Gasteiger charge is 2.42. The average Bonchev–Trinajstić information content (AvgIpc) is 2.96. The fourth-order valence-corrected chi connectivity index (χ4v) is 2.72. The number of benzene rings is 1. The van der Waals surface area contributed by atoms with Crippen molar-refractivity contribution < 1.29 is 23.8 Å². The second kappa shape index (κ2) is 5.99. The Morgan fingerprint density at radius 3 is 2.79 bits per heavy atom. The molecule has 1 unspecified atom stereocenters. The highest BCUT2D eigenvalue weighted by atomic mass is 16.5. The number of carboxylic acid groups (broad SMARTS) is 1. The van der Waals surface area contributed by atoms with Crippen molar-refractivity contribution in [2.75, 3.05) is 19.7 Å². The molecule has 0 bridgehead atoms. The van der Waals surface area contributed by atoms with Crippen LogP contribution in [0.2, 0.25) is 0 Å². The van der Waals surface area contributed by atoms with Crippen LogP contribution in [0.3, 0.4) is 0 Å². The Bertz CT molecular complexity index is 858. The Kier molecular flexibility index (Phi) is 4.01. The number of fused-ring (bicyclic) bond motifs is 1. The van der Waals surface area contributed by atoms with Crippen molar-refractivity contribution in [3.8, 4) is 5.75 Å². The lowest BCUT2D eigenvalue weighted by atomic mass is 9.90. The van der Waals surface area contributed by atoms with Gasteiger partial charge in [-0.1, -0.05) is 0 Å². The van der Waals surface area contributed by atoms with Crippen molar-refractivity contribution >= 4 is 22.8 Å². The molecule has 7 heteroatoms. The number of nitrogens with zero attached hydrogens (tertiary/aromatic N) is 1. The average molecular weight is 331 g/mol. The van der Waals surface area contributed by atoms with Crippen molar-refractivity contribution in [2.45, 2.75) is 13.3 Å². The van der Waals surface area contributed by atoms with Crippen molar-refractivity contribution in [1.29, 1.82) is 0 Å². The molecule has 126 valence electrons. The monoisotopic (exact) mass is 331 g/mol. The highest BCUT2D eigenvalue weighted by molar-refractivity contribution is 5.82. The van der Waals surface area contributed by atoms with Crippen LogP contribution >= 0.6 is 0 Å². The molecule has 1 aliphatic heterocycles. The molecule has 1 saturated heterocycles. The van der Waals surface area contributed by atoms with Crippen LogP contribution in [-0.4, -0.2) is 41.6 Å². The minimum absolute atomic E-state index is 0.178. The predicted octanol–water partition coefficient (Wildman–Crippen LogP) is 1.49. The normalized spacial score (nSPS) is 20.3. The van der Waals surface area contributed by atoms with Crippen LogP contribution in [0.5, 0.6) is 5.75 Å². The Balaban J connectivity index is 1.64. The molecule has 3 rings (SSSR count). The summed E-state index contributed by atoms with van der Waals surface area (Å²) in [5.74, 6) is -0.761. The van der Waals surface area contributed by atoms with Gasteiger partial charge in [-0.2, -0.15) is 0 Å². The first-order valence-electron chi connectivity index (χ1n) is 7.55. The molecule has 1 fully saturated rings. The maximum atomic E-state index is 12.2. The van der Waals surface area contributed by atoms with Gasteiger partial charge in [0.25, 0.3) is 5.91 Å². The lowest BCUT2D eigenvalue weighted by molar-refractivity contribution is -0.147. The third kappa shape index (κ3) is 3.10. The van der Waals surface area contributed by atoms with E-state index in [4.69, 9.17) is 9.15 Å². The fourth-order valence-electron chi connectivity index (χ4n) is 2.72. The first-order valence-corrected chi connectivity index (χ1v) is 7.55. The minimum Gasteiger partial charge on any atom is -0.484 e. The highest BCUT2D eigenvalue weighted by Crippen LogP contribution is 2.30. The van der Waals surface area contributed by atoms with E-state index in [0.717, 1.165) is 5.39 Å². The number of carbonyl (C=O) groups excluding carboxylic acids is 1. The molecule has 1 aliphatic rings. The summed E-state index contributed by atoms with van der Waals surface area (Å²) in [4.78, 5) is 36.1. The van der Waals surface area contributed by atoms with Crippen LogP contribution in [-0.2, 0) is 9.59 Å². The number of rotatable bonds is 4. The number of hydrogen-bond acceptors (Lipinski definition) is 5. The number of carbonyl (C=O) groups is 2. The van der Waals surface area contributed by atoms with E-state index in [2.05, 4.69) is 0 Å². The van der Waals surface area contributed by atoms with Crippen LogP contribution in [0, 0.1) is 5.41 Å². The lowest BCUT2D eigenvalue weighted by Crippen LogP contribution is -2.37. The smallest absolute Gasteiger partial charge is 0.336 e. The molecular weight excluding hydrogens is 314 g/mol. The van der Waals surface area contributed by atoms with Crippen molar-refractivity contribution in [3.63, 3.8) is 0 Å². The molecule has 0 aliphatic carbocycles. The molecule has 0 radical (unpaired) electrons. The Hall–Kier alpha value is -2.83. The van der Waals surface area contributed by atoms with E-state index in [-0.39, 0.29) is 19.1 Å². The Morgan fingerprint density at radius 1 is 1.33 bits per heavy atom. The van der Waals surface area contributed by atoms with Gasteiger partial charge in [-0.3, -0.25) is 9.59 Å². The van der Waals surface area contributed by atoms with Gasteiger partial charge in [0.1, 0.15) is 11.3 Å². The molecule has 2 aromatic rings. The van der Waals surface area contributed by atoms with Gasteiger partial charge in [0, 0.05) is 30.6 Å². The summed E-state index contributed by atoms with van der Waals surface area (Å²) in [6, 6.07) is 7.94. The molecule has 1 aromatic heterocycles. The predicted molar refractivity (Wildman–Crippen MR) is 84.9 cm³/mol. The SMILES string of the molecule is CC1(C(=O)O)CCN(C(=O)COc2ccc3ccc(=O)oc3c2)C1. The summed E-state index contributed by atoms with van der Waals surface area (Å²) < 4.78 is 10.5. The summed E-state index contributed by atoms with van der Waals surface area (Å²) >= 11 is 0. The summed E-state index contributed by atoms with van der Waals surface area (Å²) in [6.07, 6.45) is 0.426. The molecule has 1 atom stereocenters. The molecule has 0 spiro atoms. The van der Waals surface area contributed by atoms with E-state index in [1.807, 2.05) is 0 Å². The van der Waals surface area contributed by atoms with Crippen molar-refractivity contribution in [1.82, 2.24) is 4.90 Å². The third-order valence-electron chi connectivity index (χ3n) is 4.30. The zero-order valence-electron chi connectivity index (χ0n) is 13.2. The molecule has 1 amide bonds. The number of hydrogen-bond donors (Lipinski definition) is 1. The molecule has 1 N–H and O–H groups in total. The topological polar surface area (TPSA) is 97.0 Å². The summed E-state index contributed by atoms with van der Waals surface area (Å²) in [6.45, 7) is 2.02. The summed E-state index contributed by atoms with van der Waals surface area (Å²) in [5.41, 5.74) is -0.977. The second-order valence-electron chi connectivity index (χ2n) is 6.17. The molecule has 7 nitrogen and oxygen atoms in total. The van der Waals surface area contributed by atoms with Crippen LogP contribution in [0.1, 0.15) is 13.3 Å². The molecular formula is C17H17NO6. The molecule has 24 heavy (non-hydrogen) atoms. The lowest BCUT2D eigenvalue weighted by Gasteiger charge is -2.20. The van der Waals surface area contributed by atoms with E-state index in [9.17, 15) is 19.5 Å². The van der Waals surface area contributed by atoms with Crippen LogP contribution in [0.15, 0.2) is 39.5 Å². The molecule has 0 saturated carbocycles. The maximum absolute atomic E-state index is 12.2. The van der Waals surface area contributed by atoms with Crippen LogP contribution in [0.4, 0.5) is 0 Å². The van der Waals surface area contributed by atoms with Crippen LogP contribution < -0.4 is 10.4 Å². The second-order valence-corrected chi connectivity index (χ2v) is 6.17. The Labute approximate surface area is 137 Å². The quantitative estimate of drug-likeness (QED) is 0.853. The number of carboxylic acids is 1.